The first-order valence-corrected chi connectivity index (χ1v) is 6.19. The number of hydrogen-bond acceptors (Lipinski definition) is 5. The highest BCUT2D eigenvalue weighted by molar-refractivity contribution is 5.73. The van der Waals surface area contributed by atoms with E-state index in [1.54, 1.807) is 27.7 Å². The van der Waals surface area contributed by atoms with Crippen LogP contribution < -0.4 is 10.6 Å². The lowest BCUT2D eigenvalue weighted by Crippen LogP contribution is -2.68. The van der Waals surface area contributed by atoms with Gasteiger partial charge in [0.15, 0.2) is 0 Å². The van der Waals surface area contributed by atoms with Crippen molar-refractivity contribution in [1.29, 1.82) is 0 Å². The van der Waals surface area contributed by atoms with E-state index in [0.29, 0.717) is 13.2 Å². The highest BCUT2D eigenvalue weighted by atomic mass is 16.6. The lowest BCUT2D eigenvalue weighted by Gasteiger charge is -2.43. The fourth-order valence-electron chi connectivity index (χ4n) is 1.66. The van der Waals surface area contributed by atoms with Crippen molar-refractivity contribution in [2.75, 3.05) is 19.8 Å². The second-order valence-electron chi connectivity index (χ2n) is 5.83. The van der Waals surface area contributed by atoms with Gasteiger partial charge < -0.3 is 19.9 Å². The van der Waals surface area contributed by atoms with Crippen LogP contribution in [0.3, 0.4) is 0 Å². The molecule has 3 N–H and O–H groups in total. The molecule has 1 atom stereocenters. The first kappa shape index (κ1) is 15.7. The van der Waals surface area contributed by atoms with E-state index in [4.69, 9.17) is 14.6 Å². The molecule has 0 aliphatic carbocycles. The van der Waals surface area contributed by atoms with E-state index in [9.17, 15) is 9.59 Å². The van der Waals surface area contributed by atoms with Gasteiger partial charge in [-0.1, -0.05) is 0 Å². The molecule has 0 bridgehead atoms. The molecule has 0 aromatic rings. The van der Waals surface area contributed by atoms with Crippen LogP contribution in [0.4, 0.5) is 4.79 Å². The summed E-state index contributed by atoms with van der Waals surface area (Å²) in [4.78, 5) is 22.4. The Balaban J connectivity index is 2.44. The largest absolute Gasteiger partial charge is 0.480 e. The summed E-state index contributed by atoms with van der Waals surface area (Å²) in [5.74, 6) is -0.941. The molecule has 1 aliphatic rings. The van der Waals surface area contributed by atoms with Gasteiger partial charge >= 0.3 is 12.1 Å². The van der Waals surface area contributed by atoms with Gasteiger partial charge in [0.1, 0.15) is 11.6 Å². The zero-order valence-electron chi connectivity index (χ0n) is 11.8. The molecule has 0 saturated carbocycles. The number of carboxylic acids is 1. The Morgan fingerprint density at radius 2 is 2.00 bits per heavy atom. The van der Waals surface area contributed by atoms with Crippen molar-refractivity contribution in [1.82, 2.24) is 10.6 Å². The van der Waals surface area contributed by atoms with Crippen LogP contribution in [-0.4, -0.2) is 54.1 Å². The van der Waals surface area contributed by atoms with E-state index in [2.05, 4.69) is 10.6 Å². The van der Waals surface area contributed by atoms with E-state index in [0.717, 1.165) is 0 Å². The Hall–Kier alpha value is -1.34. The number of aliphatic carboxylic acids is 1. The molecule has 0 spiro atoms. The van der Waals surface area contributed by atoms with Gasteiger partial charge in [-0.15, -0.1) is 0 Å². The average molecular weight is 274 g/mol. The van der Waals surface area contributed by atoms with Crippen molar-refractivity contribution in [3.05, 3.63) is 0 Å². The SMILES string of the molecule is C[C@H](NC1(CNC(=O)OC(C)(C)C)COC1)C(=O)O. The van der Waals surface area contributed by atoms with Gasteiger partial charge in [-0.2, -0.15) is 0 Å². The maximum absolute atomic E-state index is 11.5. The lowest BCUT2D eigenvalue weighted by molar-refractivity contribution is -0.142. The third-order valence-electron chi connectivity index (χ3n) is 2.62. The molecule has 7 heteroatoms. The van der Waals surface area contributed by atoms with Crippen LogP contribution >= 0.6 is 0 Å². The van der Waals surface area contributed by atoms with E-state index in [-0.39, 0.29) is 6.54 Å². The number of rotatable bonds is 5. The molecule has 7 nitrogen and oxygen atoms in total. The van der Waals surface area contributed by atoms with Crippen molar-refractivity contribution >= 4 is 12.1 Å². The number of carbonyl (C=O) groups excluding carboxylic acids is 1. The van der Waals surface area contributed by atoms with Gasteiger partial charge in [-0.25, -0.2) is 4.79 Å². The second-order valence-corrected chi connectivity index (χ2v) is 5.83. The summed E-state index contributed by atoms with van der Waals surface area (Å²) >= 11 is 0. The molecule has 0 unspecified atom stereocenters. The van der Waals surface area contributed by atoms with Gasteiger partial charge in [-0.05, 0) is 27.7 Å². The van der Waals surface area contributed by atoms with Crippen molar-refractivity contribution < 1.29 is 24.2 Å². The number of amides is 1. The summed E-state index contributed by atoms with van der Waals surface area (Å²) in [5, 5.41) is 14.5. The smallest absolute Gasteiger partial charge is 0.407 e. The maximum atomic E-state index is 11.5. The third-order valence-corrected chi connectivity index (χ3v) is 2.62. The minimum atomic E-state index is -0.941. The molecule has 0 aromatic heterocycles. The van der Waals surface area contributed by atoms with Crippen molar-refractivity contribution in [2.45, 2.75) is 44.9 Å². The van der Waals surface area contributed by atoms with Crippen LogP contribution in [0.2, 0.25) is 0 Å². The molecular weight excluding hydrogens is 252 g/mol. The summed E-state index contributed by atoms with van der Waals surface area (Å²) in [5.41, 5.74) is -1.09. The molecule has 1 heterocycles. The highest BCUT2D eigenvalue weighted by Gasteiger charge is 2.41. The number of carbonyl (C=O) groups is 2. The molecule has 19 heavy (non-hydrogen) atoms. The quantitative estimate of drug-likeness (QED) is 0.669. The minimum absolute atomic E-state index is 0.263. The highest BCUT2D eigenvalue weighted by Crippen LogP contribution is 2.17. The Bertz CT molecular complexity index is 347. The third kappa shape index (κ3) is 5.04. The van der Waals surface area contributed by atoms with Crippen LogP contribution in [0.25, 0.3) is 0 Å². The normalized spacial score (nSPS) is 19.2. The Morgan fingerprint density at radius 3 is 2.37 bits per heavy atom. The van der Waals surface area contributed by atoms with Crippen LogP contribution in [0, 0.1) is 0 Å². The summed E-state index contributed by atoms with van der Waals surface area (Å²) in [7, 11) is 0. The van der Waals surface area contributed by atoms with Gasteiger partial charge in [0.25, 0.3) is 0 Å². The van der Waals surface area contributed by atoms with Crippen LogP contribution in [0.15, 0.2) is 0 Å². The standard InChI is InChI=1S/C12H22N2O5/c1-8(9(15)16)14-12(6-18-7-12)5-13-10(17)19-11(2,3)4/h8,14H,5-7H2,1-4H3,(H,13,17)(H,15,16)/t8-/m0/s1. The number of alkyl carbamates (subject to hydrolysis) is 1. The topological polar surface area (TPSA) is 96.9 Å². The van der Waals surface area contributed by atoms with Crippen molar-refractivity contribution in [3.63, 3.8) is 0 Å². The Labute approximate surface area is 112 Å². The first-order chi connectivity index (χ1) is 8.64. The van der Waals surface area contributed by atoms with Gasteiger partial charge in [-0.3, -0.25) is 10.1 Å². The van der Waals surface area contributed by atoms with Crippen LogP contribution in [-0.2, 0) is 14.3 Å². The number of carboxylic acid groups (broad SMARTS) is 1. The van der Waals surface area contributed by atoms with Crippen LogP contribution in [0.1, 0.15) is 27.7 Å². The number of hydrogen-bond donors (Lipinski definition) is 3. The van der Waals surface area contributed by atoms with Gasteiger partial charge in [0, 0.05) is 6.54 Å². The summed E-state index contributed by atoms with van der Waals surface area (Å²) in [6, 6.07) is -0.704. The van der Waals surface area contributed by atoms with E-state index in [1.807, 2.05) is 0 Å². The number of ether oxygens (including phenoxy) is 2. The molecule has 110 valence electrons. The number of nitrogens with one attached hydrogen (secondary N) is 2. The zero-order chi connectivity index (χ0) is 14.7. The molecule has 1 saturated heterocycles. The van der Waals surface area contributed by atoms with Crippen molar-refractivity contribution in [2.24, 2.45) is 0 Å². The monoisotopic (exact) mass is 274 g/mol. The molecule has 1 aliphatic heterocycles. The fourth-order valence-corrected chi connectivity index (χ4v) is 1.66. The first-order valence-electron chi connectivity index (χ1n) is 6.19. The van der Waals surface area contributed by atoms with Gasteiger partial charge in [0.2, 0.25) is 0 Å². The van der Waals surface area contributed by atoms with E-state index < -0.39 is 29.2 Å². The van der Waals surface area contributed by atoms with Crippen LogP contribution in [0.5, 0.6) is 0 Å². The van der Waals surface area contributed by atoms with Crippen molar-refractivity contribution in [3.8, 4) is 0 Å². The second kappa shape index (κ2) is 5.75. The predicted molar refractivity (Wildman–Crippen MR) is 68.0 cm³/mol. The summed E-state index contributed by atoms with van der Waals surface area (Å²) in [6.07, 6.45) is -0.524. The molecule has 0 aromatic carbocycles. The maximum Gasteiger partial charge on any atom is 0.407 e. The van der Waals surface area contributed by atoms with E-state index >= 15 is 0 Å². The Kier molecular flexibility index (Phi) is 4.75. The lowest BCUT2D eigenvalue weighted by atomic mass is 9.96. The molecule has 0 radical (unpaired) electrons. The predicted octanol–water partition coefficient (Wildman–Crippen LogP) is 0.343. The molecule has 1 rings (SSSR count). The average Bonchev–Trinajstić information content (AvgIpc) is 2.18. The van der Waals surface area contributed by atoms with E-state index in [1.165, 1.54) is 0 Å². The molecule has 1 fully saturated rings. The zero-order valence-corrected chi connectivity index (χ0v) is 11.8. The fraction of sp³-hybridized carbons (Fsp3) is 0.833. The van der Waals surface area contributed by atoms with Gasteiger partial charge in [0.05, 0.1) is 18.8 Å². The Morgan fingerprint density at radius 1 is 1.42 bits per heavy atom. The summed E-state index contributed by atoms with van der Waals surface area (Å²) < 4.78 is 10.2. The summed E-state index contributed by atoms with van der Waals surface area (Å²) in [6.45, 7) is 7.87. The molecular formula is C12H22N2O5. The minimum Gasteiger partial charge on any atom is -0.480 e. The molecule has 1 amide bonds.